The van der Waals surface area contributed by atoms with Gasteiger partial charge in [-0.05, 0) is 105 Å². The van der Waals surface area contributed by atoms with E-state index in [2.05, 4.69) is 232 Å². The molecule has 70 heavy (non-hydrogen) atoms. The zero-order chi connectivity index (χ0) is 46.9. The molecule has 0 bridgehead atoms. The Balaban J connectivity index is 0.996. The number of fused-ring (bicyclic) bond motifs is 17. The van der Waals surface area contributed by atoms with Crippen molar-refractivity contribution in [2.75, 3.05) is 0 Å². The molecule has 0 spiro atoms. The van der Waals surface area contributed by atoms with Crippen LogP contribution in [0.3, 0.4) is 0 Å². The molecule has 7 heteroatoms. The van der Waals surface area contributed by atoms with Crippen LogP contribution in [0.25, 0.3) is 77.7 Å². The van der Waals surface area contributed by atoms with Gasteiger partial charge in [-0.2, -0.15) is 0 Å². The molecule has 1 unspecified atom stereocenters. The lowest BCUT2D eigenvalue weighted by Crippen LogP contribution is -2.58. The molecule has 3 nitrogen and oxygen atoms in total. The minimum absolute atomic E-state index is 0.0105. The lowest BCUT2D eigenvalue weighted by molar-refractivity contribution is 0.588. The number of hydrogen-bond donors (Lipinski definition) is 0. The van der Waals surface area contributed by atoms with Crippen LogP contribution >= 0.6 is 23.5 Å². The predicted molar refractivity (Wildman–Crippen MR) is 302 cm³/mol. The standard InChI is InChI=1S/C63H49B2N3S2/c1-61(2,3)35-27-50-57-54(29-35)69-53-33-49-42(31-46(53)64(57)44-23-15-21-40-38-19-11-13-25-47(38)67(50)59(40)44)43-32-56-63(7,34-52(43)66(49)37-17-9-8-10-18-37)70-55-30-36(62(4,5)6)28-51-58(55)65(56)45-24-16-22-41-39-20-12-14-26-48(39)68(51)60(41)45/h8-33H,34H2,1-7H3. The Morgan fingerprint density at radius 3 is 1.67 bits per heavy atom. The van der Waals surface area contributed by atoms with Crippen molar-refractivity contribution in [2.45, 2.75) is 85.2 Å². The first-order chi connectivity index (χ1) is 33.8. The zero-order valence-electron chi connectivity index (χ0n) is 40.5. The number of rotatable bonds is 1. The molecule has 0 amide bonds. The summed E-state index contributed by atoms with van der Waals surface area (Å²) in [4.78, 5) is 4.17. The highest BCUT2D eigenvalue weighted by Gasteiger charge is 2.51. The molecule has 1 atom stereocenters. The van der Waals surface area contributed by atoms with E-state index in [9.17, 15) is 0 Å². The van der Waals surface area contributed by atoms with E-state index in [0.717, 1.165) is 6.42 Å². The fourth-order valence-electron chi connectivity index (χ4n) is 13.7. The molecule has 0 radical (unpaired) electrons. The Kier molecular flexibility index (Phi) is 7.61. The van der Waals surface area contributed by atoms with Gasteiger partial charge in [0, 0.05) is 92.1 Å². The van der Waals surface area contributed by atoms with Gasteiger partial charge >= 0.3 is 0 Å². The van der Waals surface area contributed by atoms with E-state index in [1.54, 1.807) is 0 Å². The third-order valence-electron chi connectivity index (χ3n) is 17.0. The molecule has 1 aliphatic carbocycles. The third-order valence-corrected chi connectivity index (χ3v) is 19.5. The van der Waals surface area contributed by atoms with E-state index >= 15 is 0 Å². The van der Waals surface area contributed by atoms with E-state index in [4.69, 9.17) is 0 Å². The van der Waals surface area contributed by atoms with Gasteiger partial charge in [0.1, 0.15) is 0 Å². The summed E-state index contributed by atoms with van der Waals surface area (Å²) in [6.07, 6.45) is 3.61. The predicted octanol–water partition coefficient (Wildman–Crippen LogP) is 12.7. The smallest absolute Gasteiger partial charge is 0.249 e. The summed E-state index contributed by atoms with van der Waals surface area (Å²) in [5.74, 6) is 0. The lowest BCUT2D eigenvalue weighted by Gasteiger charge is -2.46. The summed E-state index contributed by atoms with van der Waals surface area (Å²) < 4.78 is 7.68. The number of nitrogens with zero attached hydrogens (tertiary/aromatic N) is 3. The number of hydrogen-bond acceptors (Lipinski definition) is 2. The molecule has 0 N–H and O–H groups in total. The van der Waals surface area contributed by atoms with E-state index in [0.29, 0.717) is 0 Å². The highest BCUT2D eigenvalue weighted by Crippen LogP contribution is 2.54. The average molecular weight is 934 g/mol. The first kappa shape index (κ1) is 40.2. The van der Waals surface area contributed by atoms with Crippen LogP contribution in [-0.4, -0.2) is 31.9 Å². The van der Waals surface area contributed by atoms with Gasteiger partial charge in [0.05, 0.1) is 16.6 Å². The quantitative estimate of drug-likeness (QED) is 0.152. The third kappa shape index (κ3) is 5.03. The van der Waals surface area contributed by atoms with Gasteiger partial charge in [-0.3, -0.25) is 0 Å². The topological polar surface area (TPSA) is 14.8 Å². The molecule has 0 saturated carbocycles. The van der Waals surface area contributed by atoms with Gasteiger partial charge in [-0.15, -0.1) is 11.8 Å². The lowest BCUT2D eigenvalue weighted by atomic mass is 9.32. The largest absolute Gasteiger partial charge is 0.313 e. The normalized spacial score (nSPS) is 17.3. The van der Waals surface area contributed by atoms with Crippen molar-refractivity contribution < 1.29 is 0 Å². The molecule has 4 aliphatic heterocycles. The molecule has 0 saturated heterocycles. The molecule has 334 valence electrons. The molecule has 16 rings (SSSR count). The van der Waals surface area contributed by atoms with Crippen molar-refractivity contribution in [1.82, 2.24) is 13.7 Å². The molecule has 11 aromatic rings. The summed E-state index contributed by atoms with van der Waals surface area (Å²) >= 11 is 4.10. The maximum atomic E-state index is 2.69. The first-order valence-corrected chi connectivity index (χ1v) is 26.7. The van der Waals surface area contributed by atoms with Crippen molar-refractivity contribution in [3.8, 4) is 17.1 Å². The Labute approximate surface area is 417 Å². The molecule has 5 aliphatic rings. The first-order valence-electron chi connectivity index (χ1n) is 25.1. The second-order valence-corrected chi connectivity index (χ2v) is 25.7. The molecule has 7 heterocycles. The van der Waals surface area contributed by atoms with Gasteiger partial charge in [-0.1, -0.05) is 167 Å². The van der Waals surface area contributed by atoms with Crippen LogP contribution < -0.4 is 27.3 Å². The van der Waals surface area contributed by atoms with E-state index in [1.165, 1.54) is 141 Å². The van der Waals surface area contributed by atoms with Crippen LogP contribution in [-0.2, 0) is 17.3 Å². The number of para-hydroxylation sites is 5. The minimum atomic E-state index is -0.189. The summed E-state index contributed by atoms with van der Waals surface area (Å²) in [5.41, 5.74) is 24.7. The van der Waals surface area contributed by atoms with Crippen molar-refractivity contribution in [1.29, 1.82) is 0 Å². The summed E-state index contributed by atoms with van der Waals surface area (Å²) in [6.45, 7) is 17.0. The fourth-order valence-corrected chi connectivity index (χ4v) is 16.5. The van der Waals surface area contributed by atoms with Crippen LogP contribution in [0.2, 0.25) is 0 Å². The van der Waals surface area contributed by atoms with E-state index < -0.39 is 0 Å². The van der Waals surface area contributed by atoms with Crippen LogP contribution in [0.1, 0.15) is 70.9 Å². The molecule has 8 aromatic carbocycles. The van der Waals surface area contributed by atoms with Crippen LogP contribution in [0.5, 0.6) is 0 Å². The molecular weight excluding hydrogens is 884 g/mol. The summed E-state index contributed by atoms with van der Waals surface area (Å²) in [5, 5.41) is 6.69. The molecule has 0 fully saturated rings. The van der Waals surface area contributed by atoms with Crippen LogP contribution in [0, 0.1) is 0 Å². The monoisotopic (exact) mass is 933 g/mol. The van der Waals surface area contributed by atoms with Crippen molar-refractivity contribution in [2.24, 2.45) is 0 Å². The summed E-state index contributed by atoms with van der Waals surface area (Å²) in [6, 6.07) is 58.9. The van der Waals surface area contributed by atoms with Gasteiger partial charge < -0.3 is 13.7 Å². The second kappa shape index (κ2) is 13.3. The van der Waals surface area contributed by atoms with Gasteiger partial charge in [0.15, 0.2) is 0 Å². The zero-order valence-corrected chi connectivity index (χ0v) is 42.2. The number of thioether (sulfide) groups is 1. The summed E-state index contributed by atoms with van der Waals surface area (Å²) in [7, 11) is 0. The second-order valence-electron chi connectivity index (χ2n) is 23.0. The average Bonchev–Trinajstić information content (AvgIpc) is 3.98. The van der Waals surface area contributed by atoms with E-state index in [1.807, 2.05) is 11.8 Å². The highest BCUT2D eigenvalue weighted by molar-refractivity contribution is 8.01. The molecule has 3 aromatic heterocycles. The van der Waals surface area contributed by atoms with E-state index in [-0.39, 0.29) is 29.0 Å². The maximum Gasteiger partial charge on any atom is 0.249 e. The number of benzene rings is 8. The van der Waals surface area contributed by atoms with Crippen molar-refractivity contribution in [3.63, 3.8) is 0 Å². The van der Waals surface area contributed by atoms with Crippen LogP contribution in [0.15, 0.2) is 172 Å². The Bertz CT molecular complexity index is 4270. The Hall–Kier alpha value is -6.53. The molecular formula is C63H49B2N3S2. The fraction of sp³-hybridized carbons (Fsp3) is 0.175. The van der Waals surface area contributed by atoms with Gasteiger partial charge in [-0.25, -0.2) is 0 Å². The SMILES string of the molecule is CC12Cc3c(c4cc5c(cc4n3-c3ccccc3)Sc3cc(C(C)(C)C)cc4c3B5c3cccc5c6ccccc6n-4c35)C=C1B1c3c(cc(C(C)(C)C)cc3-n3c4ccccc4c4cccc1c43)S2. The van der Waals surface area contributed by atoms with Crippen molar-refractivity contribution >= 4 is 125 Å². The Morgan fingerprint density at radius 1 is 0.486 bits per heavy atom. The van der Waals surface area contributed by atoms with Gasteiger partial charge in [0.2, 0.25) is 13.4 Å². The van der Waals surface area contributed by atoms with Crippen LogP contribution in [0.4, 0.5) is 0 Å². The number of aromatic nitrogens is 3. The Morgan fingerprint density at radius 2 is 1.04 bits per heavy atom. The highest BCUT2D eigenvalue weighted by atomic mass is 32.2. The van der Waals surface area contributed by atoms with Crippen molar-refractivity contribution in [3.05, 3.63) is 180 Å². The maximum absolute atomic E-state index is 2.69. The minimum Gasteiger partial charge on any atom is -0.313 e. The van der Waals surface area contributed by atoms with Gasteiger partial charge in [0.25, 0.3) is 0 Å².